The maximum atomic E-state index is 6.93. The van der Waals surface area contributed by atoms with E-state index in [1.807, 2.05) is 36.4 Å². The third-order valence-corrected chi connectivity index (χ3v) is 14.1. The minimum Gasteiger partial charge on any atom is -0.456 e. The number of rotatable bonds is 5. The molecule has 0 spiro atoms. The number of amidine groups is 2. The fraction of sp³-hybridized carbons (Fsp3) is 0.0667. The van der Waals surface area contributed by atoms with Gasteiger partial charge in [0.2, 0.25) is 0 Å². The molecule has 4 heterocycles. The van der Waals surface area contributed by atoms with Crippen molar-refractivity contribution in [2.45, 2.75) is 25.4 Å². The Labute approximate surface area is 379 Å². The van der Waals surface area contributed by atoms with E-state index in [2.05, 4.69) is 181 Å². The molecule has 9 aromatic carbocycles. The molecule has 0 radical (unpaired) electrons. The van der Waals surface area contributed by atoms with Crippen LogP contribution in [0.1, 0.15) is 47.8 Å². The van der Waals surface area contributed by atoms with E-state index in [1.54, 1.807) is 0 Å². The highest BCUT2D eigenvalue weighted by atomic mass is 16.3. The van der Waals surface area contributed by atoms with Crippen LogP contribution >= 0.6 is 0 Å². The first-order valence-electron chi connectivity index (χ1n) is 22.6. The van der Waals surface area contributed by atoms with E-state index in [0.717, 1.165) is 88.7 Å². The second-order valence-corrected chi connectivity index (χ2v) is 18.1. The van der Waals surface area contributed by atoms with Crippen molar-refractivity contribution in [2.75, 3.05) is 0 Å². The summed E-state index contributed by atoms with van der Waals surface area (Å²) < 4.78 is 16.1. The molecule has 0 saturated heterocycles. The molecule has 0 saturated carbocycles. The molecule has 1 aliphatic carbocycles. The van der Waals surface area contributed by atoms with Crippen LogP contribution in [0.15, 0.2) is 213 Å². The Balaban J connectivity index is 1.03. The lowest BCUT2D eigenvalue weighted by Gasteiger charge is -2.24. The lowest BCUT2D eigenvalue weighted by Crippen LogP contribution is -2.33. The van der Waals surface area contributed by atoms with E-state index in [4.69, 9.17) is 18.8 Å². The van der Waals surface area contributed by atoms with Crippen molar-refractivity contribution in [1.82, 2.24) is 9.88 Å². The predicted molar refractivity (Wildman–Crippen MR) is 270 cm³/mol. The fourth-order valence-corrected chi connectivity index (χ4v) is 11.0. The van der Waals surface area contributed by atoms with E-state index in [-0.39, 0.29) is 11.6 Å². The maximum Gasteiger partial charge on any atom is 0.160 e. The van der Waals surface area contributed by atoms with Crippen molar-refractivity contribution < 1.29 is 8.83 Å². The molecule has 12 aromatic rings. The topological polar surface area (TPSA) is 68.0 Å². The number of nitrogens with one attached hydrogen (secondary N) is 1. The van der Waals surface area contributed by atoms with Gasteiger partial charge in [-0.15, -0.1) is 0 Å². The van der Waals surface area contributed by atoms with Crippen LogP contribution in [0.4, 0.5) is 0 Å². The smallest absolute Gasteiger partial charge is 0.160 e. The minimum absolute atomic E-state index is 0.137. The van der Waals surface area contributed by atoms with Crippen LogP contribution in [-0.4, -0.2) is 16.2 Å². The number of aromatic nitrogens is 1. The minimum atomic E-state index is -0.367. The third kappa shape index (κ3) is 5.30. The van der Waals surface area contributed by atoms with Crippen LogP contribution in [0, 0.1) is 0 Å². The molecule has 3 aromatic heterocycles. The third-order valence-electron chi connectivity index (χ3n) is 14.1. The molecule has 1 aliphatic heterocycles. The number of para-hydroxylation sites is 2. The van der Waals surface area contributed by atoms with Crippen molar-refractivity contribution in [3.8, 4) is 27.9 Å². The molecule has 6 heteroatoms. The number of fused-ring (bicyclic) bond motifs is 12. The quantitative estimate of drug-likeness (QED) is 0.188. The summed E-state index contributed by atoms with van der Waals surface area (Å²) in [7, 11) is 0. The van der Waals surface area contributed by atoms with Crippen LogP contribution in [-0.2, 0) is 5.41 Å². The van der Waals surface area contributed by atoms with Gasteiger partial charge in [0.1, 0.15) is 34.3 Å². The van der Waals surface area contributed by atoms with Crippen molar-refractivity contribution in [3.05, 3.63) is 222 Å². The summed E-state index contributed by atoms with van der Waals surface area (Å²) in [5.74, 6) is 1.37. The molecule has 312 valence electrons. The van der Waals surface area contributed by atoms with Gasteiger partial charge in [0.05, 0.1) is 11.0 Å². The molecule has 14 rings (SSSR count). The van der Waals surface area contributed by atoms with Crippen molar-refractivity contribution in [3.63, 3.8) is 0 Å². The summed E-state index contributed by atoms with van der Waals surface area (Å²) in [6, 6.07) is 68.7. The van der Waals surface area contributed by atoms with E-state index in [0.29, 0.717) is 5.84 Å². The molecular formula is C60H40N4O2. The van der Waals surface area contributed by atoms with Crippen LogP contribution < -0.4 is 5.32 Å². The van der Waals surface area contributed by atoms with E-state index in [1.165, 1.54) is 38.5 Å². The van der Waals surface area contributed by atoms with Gasteiger partial charge in [-0.3, -0.25) is 0 Å². The average Bonchev–Trinajstić information content (AvgIpc) is 4.10. The highest BCUT2D eigenvalue weighted by Gasteiger charge is 2.36. The number of nitrogens with zero attached hydrogens (tertiary/aromatic N) is 3. The van der Waals surface area contributed by atoms with E-state index >= 15 is 0 Å². The fourth-order valence-electron chi connectivity index (χ4n) is 11.0. The van der Waals surface area contributed by atoms with Gasteiger partial charge < -0.3 is 18.7 Å². The Bertz CT molecular complexity index is 4050. The van der Waals surface area contributed by atoms with Crippen molar-refractivity contribution >= 4 is 77.4 Å². The summed E-state index contributed by atoms with van der Waals surface area (Å²) in [4.78, 5) is 10.7. The molecule has 0 bridgehead atoms. The van der Waals surface area contributed by atoms with Crippen LogP contribution in [0.2, 0.25) is 0 Å². The molecule has 1 atom stereocenters. The summed E-state index contributed by atoms with van der Waals surface area (Å²) in [6.07, 6.45) is -0.367. The Kier molecular flexibility index (Phi) is 7.70. The Morgan fingerprint density at radius 2 is 1.23 bits per heavy atom. The first-order valence-corrected chi connectivity index (χ1v) is 22.6. The number of hydrogen-bond acceptors (Lipinski definition) is 5. The number of furan rings is 2. The highest BCUT2D eigenvalue weighted by molar-refractivity contribution is 6.24. The molecule has 0 fully saturated rings. The van der Waals surface area contributed by atoms with Crippen molar-refractivity contribution in [2.24, 2.45) is 9.98 Å². The van der Waals surface area contributed by atoms with Gasteiger partial charge in [-0.1, -0.05) is 147 Å². The van der Waals surface area contributed by atoms with E-state index < -0.39 is 0 Å². The number of benzene rings is 9. The zero-order chi connectivity index (χ0) is 43.7. The number of hydrogen-bond donors (Lipinski definition) is 1. The first-order chi connectivity index (χ1) is 32.5. The molecule has 66 heavy (non-hydrogen) atoms. The van der Waals surface area contributed by atoms with E-state index in [9.17, 15) is 0 Å². The Morgan fingerprint density at radius 3 is 2.11 bits per heavy atom. The highest BCUT2D eigenvalue weighted by Crippen LogP contribution is 2.51. The maximum absolute atomic E-state index is 6.93. The van der Waals surface area contributed by atoms with Gasteiger partial charge in [0.25, 0.3) is 0 Å². The van der Waals surface area contributed by atoms with Gasteiger partial charge in [-0.2, -0.15) is 0 Å². The SMILES string of the molecule is CC1(C)c2ccccc2-c2cc3c4ccccc4n(-c4ccc5oc6cccc(-c7c(C8=NC(c9ccccc9)NC(c9ccccc9)=N8)ccc8c7oc7ccccc78)c6c5c4)c3cc21. The summed E-state index contributed by atoms with van der Waals surface area (Å²) in [5, 5.41) is 10.2. The van der Waals surface area contributed by atoms with Gasteiger partial charge >= 0.3 is 0 Å². The molecular weight excluding hydrogens is 809 g/mol. The molecule has 2 aliphatic rings. The molecule has 0 amide bonds. The van der Waals surface area contributed by atoms with Gasteiger partial charge in [-0.25, -0.2) is 9.98 Å². The standard InChI is InChI=1S/C60H40N4O2/c1-60(2)47-24-12-9-20-38(47)44-33-45-39-21-10-13-25-49(39)64(50(45)34-48(44)60)37-28-31-52-46(32-37)54-42(23-15-27-53(54)65-52)55-43(30-29-41-40-22-11-14-26-51(40)66-56(41)55)59-62-57(35-16-5-3-6-17-35)61-58(63-59)36-18-7-4-8-19-36/h3-34,57H,1-2H3,(H,61,62,63). The van der Waals surface area contributed by atoms with Crippen molar-refractivity contribution in [1.29, 1.82) is 0 Å². The predicted octanol–water partition coefficient (Wildman–Crippen LogP) is 15.1. The summed E-state index contributed by atoms with van der Waals surface area (Å²) >= 11 is 0. The van der Waals surface area contributed by atoms with Crippen LogP contribution in [0.25, 0.3) is 93.6 Å². The second kappa shape index (κ2) is 13.8. The van der Waals surface area contributed by atoms with Gasteiger partial charge in [0, 0.05) is 60.1 Å². The summed E-state index contributed by atoms with van der Waals surface area (Å²) in [6.45, 7) is 4.70. The van der Waals surface area contributed by atoms with Crippen LogP contribution in [0.3, 0.4) is 0 Å². The zero-order valence-corrected chi connectivity index (χ0v) is 36.2. The van der Waals surface area contributed by atoms with Crippen LogP contribution in [0.5, 0.6) is 0 Å². The lowest BCUT2D eigenvalue weighted by atomic mass is 9.82. The number of aliphatic imine (C=N–C) groups is 2. The normalized spacial score (nSPS) is 15.4. The van der Waals surface area contributed by atoms with Gasteiger partial charge in [-0.05, 0) is 94.0 Å². The summed E-state index contributed by atoms with van der Waals surface area (Å²) in [5.41, 5.74) is 16.6. The molecule has 1 unspecified atom stereocenters. The Hall–Kier alpha value is -8.48. The van der Waals surface area contributed by atoms with Gasteiger partial charge in [0.15, 0.2) is 5.84 Å². The first kappa shape index (κ1) is 36.9. The monoisotopic (exact) mass is 848 g/mol. The lowest BCUT2D eigenvalue weighted by molar-refractivity contribution is 0.661. The molecule has 6 nitrogen and oxygen atoms in total. The Morgan fingerprint density at radius 1 is 0.500 bits per heavy atom. The average molecular weight is 849 g/mol. The second-order valence-electron chi connectivity index (χ2n) is 18.1. The zero-order valence-electron chi connectivity index (χ0n) is 36.2. The molecule has 1 N–H and O–H groups in total. The largest absolute Gasteiger partial charge is 0.456 e.